The third kappa shape index (κ3) is 18.0. The predicted octanol–water partition coefficient (Wildman–Crippen LogP) is 7.65. The fraction of sp³-hybridized carbons (Fsp3) is 0.158. The number of hydrogen-bond acceptors (Lipinski definition) is 7. The Kier molecular flexibility index (Phi) is 23.1. The molecule has 0 fully saturated rings. The Balaban J connectivity index is 0.000000330. The SMILES string of the molecule is COc1ccc(C(=S)SCc2ccccc2)cc1.COc1ccc(C(=S)[S-])cc1.COc1ccc(CCl)cc1.Cc1ccccc1.[Na+]. The van der Waals surface area contributed by atoms with E-state index in [1.165, 1.54) is 11.1 Å². The summed E-state index contributed by atoms with van der Waals surface area (Å²) in [5.41, 5.74) is 5.70. The first kappa shape index (κ1) is 42.6. The Hall–Kier alpha value is -2.46. The molecule has 5 aromatic rings. The third-order valence-corrected chi connectivity index (χ3v) is 8.46. The van der Waals surface area contributed by atoms with Crippen molar-refractivity contribution in [1.82, 2.24) is 0 Å². The van der Waals surface area contributed by atoms with E-state index in [4.69, 9.17) is 62.9 Å². The number of rotatable bonds is 8. The smallest absolute Gasteiger partial charge is 0.497 e. The van der Waals surface area contributed by atoms with Crippen LogP contribution in [0.1, 0.15) is 27.8 Å². The maximum Gasteiger partial charge on any atom is 1.00 e. The van der Waals surface area contributed by atoms with Gasteiger partial charge in [-0.05, 0) is 77.7 Å². The van der Waals surface area contributed by atoms with Gasteiger partial charge in [0, 0.05) is 11.6 Å². The second-order valence-electron chi connectivity index (χ2n) is 9.44. The van der Waals surface area contributed by atoms with Gasteiger partial charge in [0.2, 0.25) is 0 Å². The molecule has 47 heavy (non-hydrogen) atoms. The third-order valence-electron chi connectivity index (χ3n) is 6.12. The number of methoxy groups -OCH3 is 3. The van der Waals surface area contributed by atoms with E-state index in [0.29, 0.717) is 10.1 Å². The number of halogens is 1. The molecule has 0 aromatic heterocycles. The standard InChI is InChI=1S/C15H14OS2.C8H9ClO.C8H8OS2.C7H8.Na/c1-16-14-9-7-13(8-10-14)15(17)18-11-12-5-3-2-4-6-12;1-10-8-4-2-7(6-9)3-5-8;1-9-7-4-2-6(3-5-7)8(10)11;1-7-5-3-2-4-6-7;/h2-10H,11H2,1H3;2-5H,6H2,1H3;2-5H,1H3,(H,10,11);2-6H,1H3;/q;;;;+1/p-1. The number of thiocarbonyl (C=S) groups is 2. The Labute approximate surface area is 328 Å². The van der Waals surface area contributed by atoms with Crippen LogP contribution in [0.15, 0.2) is 133 Å². The van der Waals surface area contributed by atoms with Crippen molar-refractivity contribution >= 4 is 68.8 Å². The molecule has 0 heterocycles. The summed E-state index contributed by atoms with van der Waals surface area (Å²) in [7, 11) is 4.94. The first-order valence-electron chi connectivity index (χ1n) is 14.2. The molecule has 0 saturated heterocycles. The second-order valence-corrected chi connectivity index (χ2v) is 12.4. The fourth-order valence-corrected chi connectivity index (χ4v) is 5.07. The van der Waals surface area contributed by atoms with E-state index in [0.717, 1.165) is 43.9 Å². The van der Waals surface area contributed by atoms with Crippen LogP contribution in [-0.4, -0.2) is 29.7 Å². The molecule has 0 aliphatic rings. The van der Waals surface area contributed by atoms with Crippen LogP contribution in [0, 0.1) is 6.92 Å². The predicted molar refractivity (Wildman–Crippen MR) is 208 cm³/mol. The number of aryl methyl sites for hydroxylation is 1. The van der Waals surface area contributed by atoms with Crippen LogP contribution in [0.5, 0.6) is 17.2 Å². The van der Waals surface area contributed by atoms with Gasteiger partial charge >= 0.3 is 29.6 Å². The molecule has 0 aliphatic heterocycles. The van der Waals surface area contributed by atoms with Crippen molar-refractivity contribution in [3.8, 4) is 17.2 Å². The van der Waals surface area contributed by atoms with E-state index in [9.17, 15) is 0 Å². The van der Waals surface area contributed by atoms with Crippen molar-refractivity contribution < 1.29 is 43.8 Å². The van der Waals surface area contributed by atoms with Gasteiger partial charge in [0.05, 0.1) is 25.5 Å². The minimum atomic E-state index is 0. The van der Waals surface area contributed by atoms with Crippen molar-refractivity contribution in [3.63, 3.8) is 0 Å². The molecule has 240 valence electrons. The molecule has 0 atom stereocenters. The zero-order chi connectivity index (χ0) is 33.6. The van der Waals surface area contributed by atoms with E-state index in [-0.39, 0.29) is 29.6 Å². The van der Waals surface area contributed by atoms with Gasteiger partial charge in [-0.25, -0.2) is 0 Å². The Morgan fingerprint density at radius 3 is 1.36 bits per heavy atom. The molecule has 5 rings (SSSR count). The van der Waals surface area contributed by atoms with Gasteiger partial charge in [0.1, 0.15) is 17.2 Å². The molecule has 5 aromatic carbocycles. The van der Waals surface area contributed by atoms with Crippen molar-refractivity contribution in [2.24, 2.45) is 0 Å². The number of hydrogen-bond donors (Lipinski definition) is 0. The first-order chi connectivity index (χ1) is 22.3. The van der Waals surface area contributed by atoms with Gasteiger partial charge in [-0.2, -0.15) is 0 Å². The number of alkyl halides is 1. The van der Waals surface area contributed by atoms with Gasteiger partial charge in [0.15, 0.2) is 0 Å². The van der Waals surface area contributed by atoms with Crippen molar-refractivity contribution in [2.75, 3.05) is 21.3 Å². The van der Waals surface area contributed by atoms with Gasteiger partial charge in [-0.15, -0.1) is 27.6 Å². The molecule has 0 bridgehead atoms. The van der Waals surface area contributed by atoms with Gasteiger partial charge in [-0.1, -0.05) is 103 Å². The van der Waals surface area contributed by atoms with Crippen LogP contribution in [0.3, 0.4) is 0 Å². The summed E-state index contributed by atoms with van der Waals surface area (Å²) in [5.74, 6) is 4.01. The monoisotopic (exact) mass is 728 g/mol. The maximum atomic E-state index is 5.58. The van der Waals surface area contributed by atoms with Crippen LogP contribution in [0.25, 0.3) is 0 Å². The average molecular weight is 729 g/mol. The molecule has 3 nitrogen and oxygen atoms in total. The summed E-state index contributed by atoms with van der Waals surface area (Å²) < 4.78 is 16.5. The van der Waals surface area contributed by atoms with E-state index >= 15 is 0 Å². The zero-order valence-corrected chi connectivity index (χ0v) is 33.4. The van der Waals surface area contributed by atoms with Crippen LogP contribution >= 0.6 is 47.8 Å². The van der Waals surface area contributed by atoms with E-state index in [1.54, 1.807) is 33.1 Å². The number of thioether (sulfide) groups is 1. The number of ether oxygens (including phenoxy) is 3. The normalized spacial score (nSPS) is 9.30. The van der Waals surface area contributed by atoms with Crippen LogP contribution in [0.2, 0.25) is 0 Å². The molecule has 0 spiro atoms. The fourth-order valence-electron chi connectivity index (χ4n) is 3.51. The molecule has 0 saturated carbocycles. The molecule has 9 heteroatoms. The van der Waals surface area contributed by atoms with Gasteiger partial charge < -0.3 is 39.1 Å². The zero-order valence-electron chi connectivity index (χ0n) is 27.4. The van der Waals surface area contributed by atoms with Crippen LogP contribution in [-0.2, 0) is 24.3 Å². The molecule has 0 N–H and O–H groups in total. The van der Waals surface area contributed by atoms with Gasteiger partial charge in [-0.3, -0.25) is 0 Å². The largest absolute Gasteiger partial charge is 1.00 e. The summed E-state index contributed by atoms with van der Waals surface area (Å²) in [6, 6.07) is 43.6. The summed E-state index contributed by atoms with van der Waals surface area (Å²) in [5, 5.41) is 0. The van der Waals surface area contributed by atoms with E-state index in [2.05, 4.69) is 31.2 Å². The van der Waals surface area contributed by atoms with E-state index < -0.39 is 0 Å². The molecule has 0 unspecified atom stereocenters. The summed E-state index contributed by atoms with van der Waals surface area (Å²) in [6.45, 7) is 2.08. The molecule has 0 radical (unpaired) electrons. The van der Waals surface area contributed by atoms with E-state index in [1.807, 2.05) is 109 Å². The Morgan fingerprint density at radius 2 is 1.00 bits per heavy atom. The summed E-state index contributed by atoms with van der Waals surface area (Å²) in [6.07, 6.45) is 0. The number of benzene rings is 5. The van der Waals surface area contributed by atoms with Crippen LogP contribution < -0.4 is 43.8 Å². The van der Waals surface area contributed by atoms with Crippen molar-refractivity contribution in [1.29, 1.82) is 0 Å². The quantitative estimate of drug-likeness (QED) is 0.0702. The summed E-state index contributed by atoms with van der Waals surface area (Å²) >= 11 is 22.3. The average Bonchev–Trinajstić information content (AvgIpc) is 3.12. The van der Waals surface area contributed by atoms with Crippen molar-refractivity contribution in [2.45, 2.75) is 18.6 Å². The van der Waals surface area contributed by atoms with Gasteiger partial charge in [0.25, 0.3) is 0 Å². The molecule has 0 amide bonds. The Bertz CT molecular complexity index is 1530. The maximum absolute atomic E-state index is 5.58. The van der Waals surface area contributed by atoms with Crippen molar-refractivity contribution in [3.05, 3.63) is 161 Å². The molecular formula is C38H38ClNaO3S4. The second kappa shape index (κ2) is 25.5. The molecule has 0 aliphatic carbocycles. The first-order valence-corrected chi connectivity index (χ1v) is 16.9. The molecular weight excluding hydrogens is 691 g/mol. The van der Waals surface area contributed by atoms with Crippen LogP contribution in [0.4, 0.5) is 0 Å². The summed E-state index contributed by atoms with van der Waals surface area (Å²) in [4.78, 5) is 0. The minimum Gasteiger partial charge on any atom is -0.497 e. The Morgan fingerprint density at radius 1 is 0.596 bits per heavy atom. The minimum absolute atomic E-state index is 0. The topological polar surface area (TPSA) is 27.7 Å².